The van der Waals surface area contributed by atoms with Crippen molar-refractivity contribution in [3.8, 4) is 0 Å². The smallest absolute Gasteiger partial charge is 0.254 e. The van der Waals surface area contributed by atoms with Gasteiger partial charge >= 0.3 is 0 Å². The molecule has 0 aliphatic carbocycles. The van der Waals surface area contributed by atoms with Crippen molar-refractivity contribution in [2.45, 2.75) is 31.9 Å². The first-order valence-electron chi connectivity index (χ1n) is 6.38. The maximum absolute atomic E-state index is 12.2. The Morgan fingerprint density at radius 3 is 2.83 bits per heavy atom. The molecule has 1 fully saturated rings. The third-order valence-corrected chi connectivity index (χ3v) is 3.38. The molecule has 2 rings (SSSR count). The van der Waals surface area contributed by atoms with E-state index < -0.39 is 5.60 Å². The van der Waals surface area contributed by atoms with E-state index in [2.05, 4.69) is 0 Å². The molecule has 1 aliphatic heterocycles. The van der Waals surface area contributed by atoms with Gasteiger partial charge in [0.15, 0.2) is 0 Å². The summed E-state index contributed by atoms with van der Waals surface area (Å²) in [5, 5.41) is 10.1. The van der Waals surface area contributed by atoms with E-state index in [1.165, 1.54) is 0 Å². The van der Waals surface area contributed by atoms with Crippen molar-refractivity contribution in [1.29, 1.82) is 0 Å². The number of carbonyl (C=O) groups excluding carboxylic acids is 1. The minimum absolute atomic E-state index is 0.0221. The summed E-state index contributed by atoms with van der Waals surface area (Å²) in [5.41, 5.74) is 6.49. The zero-order chi connectivity index (χ0) is 13.2. The molecule has 0 bridgehead atoms. The molecule has 0 spiro atoms. The topological polar surface area (TPSA) is 66.6 Å². The lowest BCUT2D eigenvalue weighted by atomic mass is 9.88. The van der Waals surface area contributed by atoms with E-state index in [1.54, 1.807) is 11.0 Å². The van der Waals surface area contributed by atoms with Gasteiger partial charge in [-0.15, -0.1) is 0 Å². The number of nitrogens with two attached hydrogens (primary N) is 1. The predicted molar refractivity (Wildman–Crippen MR) is 70.1 cm³/mol. The molecule has 0 aromatic heterocycles. The van der Waals surface area contributed by atoms with E-state index in [1.807, 2.05) is 25.1 Å². The lowest BCUT2D eigenvalue weighted by molar-refractivity contribution is -0.0860. The van der Waals surface area contributed by atoms with Crippen LogP contribution in [0.4, 0.5) is 0 Å². The zero-order valence-electron chi connectivity index (χ0n) is 10.7. The molecule has 1 aromatic carbocycles. The molecule has 0 radical (unpaired) electrons. The van der Waals surface area contributed by atoms with Crippen LogP contribution in [0.1, 0.15) is 35.7 Å². The van der Waals surface area contributed by atoms with Gasteiger partial charge in [-0.1, -0.05) is 25.5 Å². The molecule has 0 unspecified atom stereocenters. The van der Waals surface area contributed by atoms with Crippen molar-refractivity contribution in [3.05, 3.63) is 35.4 Å². The number of amides is 1. The van der Waals surface area contributed by atoms with Gasteiger partial charge in [0.2, 0.25) is 0 Å². The highest BCUT2D eigenvalue weighted by Gasteiger charge is 2.42. The maximum atomic E-state index is 12.2. The highest BCUT2D eigenvalue weighted by molar-refractivity contribution is 5.95. The van der Waals surface area contributed by atoms with Gasteiger partial charge in [0.1, 0.15) is 0 Å². The van der Waals surface area contributed by atoms with Gasteiger partial charge in [-0.3, -0.25) is 4.79 Å². The number of rotatable bonds is 4. The quantitative estimate of drug-likeness (QED) is 0.839. The summed E-state index contributed by atoms with van der Waals surface area (Å²) in [6.07, 6.45) is 1.68. The fourth-order valence-electron chi connectivity index (χ4n) is 2.45. The highest BCUT2D eigenvalue weighted by Crippen LogP contribution is 2.27. The minimum atomic E-state index is -0.671. The van der Waals surface area contributed by atoms with Crippen molar-refractivity contribution >= 4 is 5.91 Å². The highest BCUT2D eigenvalue weighted by atomic mass is 16.3. The number of β-amino-alcohol motifs (C(OH)–C–C–N with tert-alkyl or cyclic N) is 1. The second-order valence-corrected chi connectivity index (χ2v) is 5.04. The number of hydrogen-bond donors (Lipinski definition) is 2. The zero-order valence-corrected chi connectivity index (χ0v) is 10.7. The Kier molecular flexibility index (Phi) is 3.68. The molecular weight excluding hydrogens is 228 g/mol. The van der Waals surface area contributed by atoms with E-state index in [0.717, 1.165) is 18.4 Å². The number of hydrogen-bond acceptors (Lipinski definition) is 3. The van der Waals surface area contributed by atoms with Crippen molar-refractivity contribution in [1.82, 2.24) is 4.90 Å². The number of aliphatic hydroxyl groups is 1. The van der Waals surface area contributed by atoms with Crippen LogP contribution in [0.2, 0.25) is 0 Å². The Labute approximate surface area is 107 Å². The predicted octanol–water partition coefficient (Wildman–Crippen LogP) is 1.13. The summed E-state index contributed by atoms with van der Waals surface area (Å²) < 4.78 is 0. The summed E-state index contributed by atoms with van der Waals surface area (Å²) in [4.78, 5) is 13.8. The van der Waals surface area contributed by atoms with Gasteiger partial charge in [-0.05, 0) is 24.1 Å². The second kappa shape index (κ2) is 5.08. The summed E-state index contributed by atoms with van der Waals surface area (Å²) in [6.45, 7) is 3.34. The fourth-order valence-corrected chi connectivity index (χ4v) is 2.45. The Hall–Kier alpha value is -1.39. The van der Waals surface area contributed by atoms with E-state index >= 15 is 0 Å². The Bertz CT molecular complexity index is 439. The summed E-state index contributed by atoms with van der Waals surface area (Å²) >= 11 is 0. The standard InChI is InChI=1S/C14H20N2O2/c1-2-6-14(18)9-16(10-14)13(17)12-5-3-4-11(7-12)8-15/h3-5,7,18H,2,6,8-10,15H2,1H3. The normalized spacial score (nSPS) is 17.4. The molecule has 4 heteroatoms. The molecule has 4 nitrogen and oxygen atoms in total. The first-order chi connectivity index (χ1) is 8.58. The maximum Gasteiger partial charge on any atom is 0.254 e. The van der Waals surface area contributed by atoms with Crippen LogP contribution in [-0.2, 0) is 6.54 Å². The van der Waals surface area contributed by atoms with Crippen LogP contribution in [0.5, 0.6) is 0 Å². The number of carbonyl (C=O) groups is 1. The number of benzene rings is 1. The van der Waals surface area contributed by atoms with E-state index in [0.29, 0.717) is 25.2 Å². The first kappa shape index (κ1) is 13.1. The van der Waals surface area contributed by atoms with Gasteiger partial charge in [0, 0.05) is 12.1 Å². The van der Waals surface area contributed by atoms with Crippen LogP contribution in [0.25, 0.3) is 0 Å². The van der Waals surface area contributed by atoms with Crippen molar-refractivity contribution in [3.63, 3.8) is 0 Å². The molecule has 98 valence electrons. The van der Waals surface area contributed by atoms with E-state index in [9.17, 15) is 9.90 Å². The largest absolute Gasteiger partial charge is 0.386 e. The average molecular weight is 248 g/mol. The van der Waals surface area contributed by atoms with Gasteiger partial charge in [-0.2, -0.15) is 0 Å². The molecule has 1 heterocycles. The molecule has 3 N–H and O–H groups in total. The van der Waals surface area contributed by atoms with Crippen LogP contribution < -0.4 is 5.73 Å². The molecule has 18 heavy (non-hydrogen) atoms. The molecular formula is C14H20N2O2. The Morgan fingerprint density at radius 1 is 1.50 bits per heavy atom. The average Bonchev–Trinajstić information content (AvgIpc) is 2.35. The van der Waals surface area contributed by atoms with Gasteiger partial charge in [0.05, 0.1) is 18.7 Å². The van der Waals surface area contributed by atoms with Crippen molar-refractivity contribution < 1.29 is 9.90 Å². The van der Waals surface area contributed by atoms with Crippen LogP contribution in [0.3, 0.4) is 0 Å². The third kappa shape index (κ3) is 2.54. The molecule has 0 atom stereocenters. The van der Waals surface area contributed by atoms with Crippen LogP contribution in [-0.4, -0.2) is 34.6 Å². The number of nitrogens with zero attached hydrogens (tertiary/aromatic N) is 1. The van der Waals surface area contributed by atoms with Crippen LogP contribution in [0.15, 0.2) is 24.3 Å². The monoisotopic (exact) mass is 248 g/mol. The molecule has 1 amide bonds. The number of likely N-dealkylation sites (tertiary alicyclic amines) is 1. The van der Waals surface area contributed by atoms with Gasteiger partial charge < -0.3 is 15.7 Å². The Balaban J connectivity index is 2.01. The molecule has 1 saturated heterocycles. The second-order valence-electron chi connectivity index (χ2n) is 5.04. The summed E-state index contributed by atoms with van der Waals surface area (Å²) in [7, 11) is 0. The Morgan fingerprint density at radius 2 is 2.22 bits per heavy atom. The van der Waals surface area contributed by atoms with E-state index in [-0.39, 0.29) is 5.91 Å². The van der Waals surface area contributed by atoms with Gasteiger partial charge in [0.25, 0.3) is 5.91 Å². The SMILES string of the molecule is CCCC1(O)CN(C(=O)c2cccc(CN)c2)C1. The fraction of sp³-hybridized carbons (Fsp3) is 0.500. The van der Waals surface area contributed by atoms with Crippen LogP contribution in [0, 0.1) is 0 Å². The van der Waals surface area contributed by atoms with Gasteiger partial charge in [-0.25, -0.2) is 0 Å². The van der Waals surface area contributed by atoms with Crippen molar-refractivity contribution in [2.75, 3.05) is 13.1 Å². The van der Waals surface area contributed by atoms with Crippen LogP contribution >= 0.6 is 0 Å². The lowest BCUT2D eigenvalue weighted by Crippen LogP contribution is -2.63. The molecule has 0 saturated carbocycles. The third-order valence-electron chi connectivity index (χ3n) is 3.38. The first-order valence-corrected chi connectivity index (χ1v) is 6.38. The van der Waals surface area contributed by atoms with E-state index in [4.69, 9.17) is 5.73 Å². The molecule has 1 aliphatic rings. The minimum Gasteiger partial charge on any atom is -0.386 e. The lowest BCUT2D eigenvalue weighted by Gasteiger charge is -2.46. The molecule has 1 aromatic rings. The summed E-state index contributed by atoms with van der Waals surface area (Å²) in [6, 6.07) is 7.35. The summed E-state index contributed by atoms with van der Waals surface area (Å²) in [5.74, 6) is -0.0221. The van der Waals surface area contributed by atoms with Crippen molar-refractivity contribution in [2.24, 2.45) is 5.73 Å².